The molecular weight excluding hydrogens is 232 g/mol. The fourth-order valence-corrected chi connectivity index (χ4v) is 3.22. The molecule has 18 heavy (non-hydrogen) atoms. The van der Waals surface area contributed by atoms with Gasteiger partial charge < -0.3 is 20.4 Å². The van der Waals surface area contributed by atoms with Gasteiger partial charge in [0.05, 0.1) is 17.6 Å². The van der Waals surface area contributed by atoms with Crippen LogP contribution in [0.1, 0.15) is 32.6 Å². The van der Waals surface area contributed by atoms with E-state index in [9.17, 15) is 15.0 Å². The molecule has 0 aromatic carbocycles. The highest BCUT2D eigenvalue weighted by atomic mass is 16.3. The maximum absolute atomic E-state index is 12.7. The molecule has 5 nitrogen and oxygen atoms in total. The molecule has 3 N–H and O–H groups in total. The SMILES string of the molecule is CCCC1(C(=O)N2C[C@@H](O)[C@@H](O)C2)CCCNC1. The fraction of sp³-hybridized carbons (Fsp3) is 0.923. The first-order valence-corrected chi connectivity index (χ1v) is 6.95. The van der Waals surface area contributed by atoms with Crippen molar-refractivity contribution in [3.63, 3.8) is 0 Å². The van der Waals surface area contributed by atoms with Gasteiger partial charge in [-0.3, -0.25) is 4.79 Å². The number of hydrogen-bond acceptors (Lipinski definition) is 4. The summed E-state index contributed by atoms with van der Waals surface area (Å²) < 4.78 is 0. The quantitative estimate of drug-likeness (QED) is 0.649. The van der Waals surface area contributed by atoms with E-state index >= 15 is 0 Å². The molecule has 2 aliphatic rings. The largest absolute Gasteiger partial charge is 0.388 e. The highest BCUT2D eigenvalue weighted by Gasteiger charge is 2.44. The smallest absolute Gasteiger partial charge is 0.230 e. The molecule has 0 saturated carbocycles. The minimum Gasteiger partial charge on any atom is -0.388 e. The molecule has 2 fully saturated rings. The number of carbonyl (C=O) groups is 1. The lowest BCUT2D eigenvalue weighted by Gasteiger charge is -2.39. The number of carbonyl (C=O) groups excluding carboxylic acids is 1. The lowest BCUT2D eigenvalue weighted by atomic mass is 9.76. The zero-order valence-electron chi connectivity index (χ0n) is 11.1. The summed E-state index contributed by atoms with van der Waals surface area (Å²) in [6.45, 7) is 4.33. The van der Waals surface area contributed by atoms with E-state index in [-0.39, 0.29) is 24.4 Å². The second-order valence-electron chi connectivity index (χ2n) is 5.66. The number of likely N-dealkylation sites (tertiary alicyclic amines) is 1. The second-order valence-corrected chi connectivity index (χ2v) is 5.66. The summed E-state index contributed by atoms with van der Waals surface area (Å²) in [6, 6.07) is 0. The van der Waals surface area contributed by atoms with Crippen LogP contribution in [0.5, 0.6) is 0 Å². The van der Waals surface area contributed by atoms with Crippen molar-refractivity contribution in [1.82, 2.24) is 10.2 Å². The average molecular weight is 256 g/mol. The summed E-state index contributed by atoms with van der Waals surface area (Å²) in [5, 5.41) is 22.5. The van der Waals surface area contributed by atoms with Crippen molar-refractivity contribution in [1.29, 1.82) is 0 Å². The summed E-state index contributed by atoms with van der Waals surface area (Å²) in [6.07, 6.45) is 2.21. The van der Waals surface area contributed by atoms with Gasteiger partial charge in [0.1, 0.15) is 0 Å². The minimum absolute atomic E-state index is 0.104. The maximum atomic E-state index is 12.7. The highest BCUT2D eigenvalue weighted by Crippen LogP contribution is 2.34. The predicted octanol–water partition coefficient (Wildman–Crippen LogP) is -0.280. The molecule has 5 heteroatoms. The van der Waals surface area contributed by atoms with Crippen LogP contribution < -0.4 is 5.32 Å². The molecule has 0 bridgehead atoms. The zero-order chi connectivity index (χ0) is 13.2. The van der Waals surface area contributed by atoms with Crippen LogP contribution in [-0.2, 0) is 4.79 Å². The van der Waals surface area contributed by atoms with Gasteiger partial charge in [-0.25, -0.2) is 0 Å². The minimum atomic E-state index is -0.788. The van der Waals surface area contributed by atoms with Gasteiger partial charge in [-0.05, 0) is 25.8 Å². The van der Waals surface area contributed by atoms with Crippen molar-refractivity contribution < 1.29 is 15.0 Å². The van der Waals surface area contributed by atoms with Crippen LogP contribution in [0, 0.1) is 5.41 Å². The number of hydrogen-bond donors (Lipinski definition) is 3. The van der Waals surface area contributed by atoms with E-state index < -0.39 is 12.2 Å². The van der Waals surface area contributed by atoms with Gasteiger partial charge in [-0.1, -0.05) is 13.3 Å². The third kappa shape index (κ3) is 2.53. The summed E-state index contributed by atoms with van der Waals surface area (Å²) in [4.78, 5) is 14.3. The summed E-state index contributed by atoms with van der Waals surface area (Å²) >= 11 is 0. The van der Waals surface area contributed by atoms with E-state index in [1.807, 2.05) is 0 Å². The molecule has 2 saturated heterocycles. The van der Waals surface area contributed by atoms with Crippen molar-refractivity contribution in [2.75, 3.05) is 26.2 Å². The lowest BCUT2D eigenvalue weighted by molar-refractivity contribution is -0.143. The van der Waals surface area contributed by atoms with Crippen LogP contribution in [0.2, 0.25) is 0 Å². The molecule has 0 spiro atoms. The lowest BCUT2D eigenvalue weighted by Crippen LogP contribution is -2.51. The third-order valence-corrected chi connectivity index (χ3v) is 4.20. The Balaban J connectivity index is 2.08. The maximum Gasteiger partial charge on any atom is 0.230 e. The van der Waals surface area contributed by atoms with E-state index in [2.05, 4.69) is 12.2 Å². The normalized spacial score (nSPS) is 36.9. The first kappa shape index (κ1) is 13.8. The summed E-state index contributed by atoms with van der Waals surface area (Å²) in [5.41, 5.74) is -0.323. The molecule has 1 unspecified atom stereocenters. The molecule has 104 valence electrons. The Morgan fingerprint density at radius 1 is 1.39 bits per heavy atom. The van der Waals surface area contributed by atoms with Gasteiger partial charge in [0.2, 0.25) is 5.91 Å². The topological polar surface area (TPSA) is 72.8 Å². The molecule has 0 aromatic rings. The molecule has 2 rings (SSSR count). The number of aliphatic hydroxyl groups is 2. The number of piperidine rings is 1. The Bertz CT molecular complexity index is 287. The number of aliphatic hydroxyl groups excluding tert-OH is 2. The molecule has 0 radical (unpaired) electrons. The highest BCUT2D eigenvalue weighted by molar-refractivity contribution is 5.83. The van der Waals surface area contributed by atoms with Crippen LogP contribution in [-0.4, -0.2) is 59.4 Å². The van der Waals surface area contributed by atoms with Gasteiger partial charge in [0.25, 0.3) is 0 Å². The van der Waals surface area contributed by atoms with Crippen molar-refractivity contribution in [3.05, 3.63) is 0 Å². The average Bonchev–Trinajstić information content (AvgIpc) is 2.70. The number of nitrogens with one attached hydrogen (secondary N) is 1. The van der Waals surface area contributed by atoms with Crippen LogP contribution in [0.4, 0.5) is 0 Å². The van der Waals surface area contributed by atoms with E-state index in [0.29, 0.717) is 0 Å². The molecular formula is C13H24N2O3. The van der Waals surface area contributed by atoms with Crippen LogP contribution in [0.25, 0.3) is 0 Å². The molecule has 1 amide bonds. The number of rotatable bonds is 3. The Labute approximate surface area is 108 Å². The third-order valence-electron chi connectivity index (χ3n) is 4.20. The summed E-state index contributed by atoms with van der Waals surface area (Å²) in [5.74, 6) is 0.104. The van der Waals surface area contributed by atoms with Crippen molar-refractivity contribution in [3.8, 4) is 0 Å². The van der Waals surface area contributed by atoms with E-state index in [0.717, 1.165) is 38.8 Å². The van der Waals surface area contributed by atoms with Crippen LogP contribution in [0.15, 0.2) is 0 Å². The van der Waals surface area contributed by atoms with Gasteiger partial charge >= 0.3 is 0 Å². The zero-order valence-corrected chi connectivity index (χ0v) is 11.1. The van der Waals surface area contributed by atoms with Gasteiger partial charge in [0, 0.05) is 19.6 Å². The second kappa shape index (κ2) is 5.55. The van der Waals surface area contributed by atoms with E-state index in [1.165, 1.54) is 0 Å². The molecule has 2 heterocycles. The van der Waals surface area contributed by atoms with Crippen molar-refractivity contribution >= 4 is 5.91 Å². The molecule has 2 aliphatic heterocycles. The number of amides is 1. The Morgan fingerprint density at radius 2 is 2.06 bits per heavy atom. The van der Waals surface area contributed by atoms with E-state index in [4.69, 9.17) is 0 Å². The van der Waals surface area contributed by atoms with Crippen LogP contribution >= 0.6 is 0 Å². The van der Waals surface area contributed by atoms with Crippen molar-refractivity contribution in [2.24, 2.45) is 5.41 Å². The summed E-state index contributed by atoms with van der Waals surface area (Å²) in [7, 11) is 0. The Hall–Kier alpha value is -0.650. The fourth-order valence-electron chi connectivity index (χ4n) is 3.22. The Kier molecular flexibility index (Phi) is 4.25. The number of nitrogens with zero attached hydrogens (tertiary/aromatic N) is 1. The molecule has 0 aliphatic carbocycles. The first-order chi connectivity index (χ1) is 8.59. The predicted molar refractivity (Wildman–Crippen MR) is 68.0 cm³/mol. The first-order valence-electron chi connectivity index (χ1n) is 6.95. The van der Waals surface area contributed by atoms with Gasteiger partial charge in [-0.2, -0.15) is 0 Å². The van der Waals surface area contributed by atoms with Crippen LogP contribution in [0.3, 0.4) is 0 Å². The van der Waals surface area contributed by atoms with Crippen molar-refractivity contribution in [2.45, 2.75) is 44.8 Å². The number of β-amino-alcohol motifs (C(OH)–C–C–N with tert-alkyl or cyclic N) is 2. The standard InChI is InChI=1S/C13H24N2O3/c1-2-4-13(5-3-6-14-9-13)12(18)15-7-10(16)11(17)8-15/h10-11,14,16-17H,2-9H2,1H3/t10-,11+,13?. The molecule has 0 aromatic heterocycles. The Morgan fingerprint density at radius 3 is 2.56 bits per heavy atom. The van der Waals surface area contributed by atoms with E-state index in [1.54, 1.807) is 4.90 Å². The molecule has 3 atom stereocenters. The van der Waals surface area contributed by atoms with Gasteiger partial charge in [0.15, 0.2) is 0 Å². The van der Waals surface area contributed by atoms with Gasteiger partial charge in [-0.15, -0.1) is 0 Å². The monoisotopic (exact) mass is 256 g/mol.